The summed E-state index contributed by atoms with van der Waals surface area (Å²) >= 11 is 0. The summed E-state index contributed by atoms with van der Waals surface area (Å²) in [6, 6.07) is 0. The summed E-state index contributed by atoms with van der Waals surface area (Å²) in [5.41, 5.74) is -2.23. The summed E-state index contributed by atoms with van der Waals surface area (Å²) in [7, 11) is 1.69. The minimum Gasteiger partial charge on any atom is -0.480 e. The lowest BCUT2D eigenvalue weighted by Gasteiger charge is -2.45. The Kier molecular flexibility index (Phi) is 2.64. The molecule has 1 aliphatic heterocycles. The molecule has 2 aliphatic rings. The maximum absolute atomic E-state index is 12.4. The summed E-state index contributed by atoms with van der Waals surface area (Å²) in [6.07, 6.45) is 0.746. The molecule has 0 aromatic heterocycles. The van der Waals surface area contributed by atoms with Crippen LogP contribution >= 0.6 is 0 Å². The number of piperazine rings is 1. The van der Waals surface area contributed by atoms with E-state index in [9.17, 15) is 14.4 Å². The number of nitrogens with zero attached hydrogens (tertiary/aromatic N) is 2. The quantitative estimate of drug-likeness (QED) is 0.700. The van der Waals surface area contributed by atoms with E-state index in [0.29, 0.717) is 25.9 Å². The van der Waals surface area contributed by atoms with Gasteiger partial charge in [-0.3, -0.25) is 14.4 Å². The third kappa shape index (κ3) is 1.59. The Bertz CT molecular complexity index is 426. The maximum atomic E-state index is 12.4. The van der Waals surface area contributed by atoms with Crippen LogP contribution in [0.15, 0.2) is 0 Å². The van der Waals surface area contributed by atoms with E-state index in [2.05, 4.69) is 0 Å². The topological polar surface area (TPSA) is 77.9 Å². The van der Waals surface area contributed by atoms with Gasteiger partial charge in [-0.05, 0) is 26.7 Å². The van der Waals surface area contributed by atoms with Crippen molar-refractivity contribution in [2.45, 2.75) is 32.2 Å². The molecule has 18 heavy (non-hydrogen) atoms. The van der Waals surface area contributed by atoms with Gasteiger partial charge in [-0.15, -0.1) is 0 Å². The first-order valence-electron chi connectivity index (χ1n) is 6.04. The van der Waals surface area contributed by atoms with Gasteiger partial charge in [-0.25, -0.2) is 0 Å². The molecule has 0 atom stereocenters. The maximum Gasteiger partial charge on any atom is 0.319 e. The predicted molar refractivity (Wildman–Crippen MR) is 62.7 cm³/mol. The van der Waals surface area contributed by atoms with Gasteiger partial charge >= 0.3 is 5.97 Å². The number of likely N-dealkylation sites (N-methyl/N-ethyl adjacent to an activating group) is 1. The van der Waals surface area contributed by atoms with Crippen LogP contribution in [-0.4, -0.2) is 58.4 Å². The van der Waals surface area contributed by atoms with Crippen LogP contribution in [0, 0.1) is 5.41 Å². The van der Waals surface area contributed by atoms with Crippen molar-refractivity contribution in [3.8, 4) is 0 Å². The van der Waals surface area contributed by atoms with Crippen LogP contribution in [0.5, 0.6) is 0 Å². The van der Waals surface area contributed by atoms with Gasteiger partial charge in [0.15, 0.2) is 0 Å². The molecular formula is C12H18N2O4. The van der Waals surface area contributed by atoms with Crippen LogP contribution in [0.4, 0.5) is 0 Å². The van der Waals surface area contributed by atoms with Crippen molar-refractivity contribution in [3.63, 3.8) is 0 Å². The lowest BCUT2D eigenvalue weighted by molar-refractivity contribution is -0.165. The van der Waals surface area contributed by atoms with Crippen molar-refractivity contribution in [1.29, 1.82) is 0 Å². The lowest BCUT2D eigenvalue weighted by atomic mass is 9.94. The summed E-state index contributed by atoms with van der Waals surface area (Å²) < 4.78 is 0. The minimum absolute atomic E-state index is 0.150. The van der Waals surface area contributed by atoms with E-state index in [1.807, 2.05) is 0 Å². The summed E-state index contributed by atoms with van der Waals surface area (Å²) in [6.45, 7) is 4.18. The van der Waals surface area contributed by atoms with Gasteiger partial charge < -0.3 is 14.9 Å². The second-order valence-corrected chi connectivity index (χ2v) is 5.63. The Balaban J connectivity index is 2.26. The summed E-state index contributed by atoms with van der Waals surface area (Å²) in [5.74, 6) is -1.64. The first-order chi connectivity index (χ1) is 8.23. The minimum atomic E-state index is -1.27. The first-order valence-corrected chi connectivity index (χ1v) is 6.04. The molecule has 0 unspecified atom stereocenters. The number of hydrogen-bond donors (Lipinski definition) is 1. The van der Waals surface area contributed by atoms with Gasteiger partial charge in [0.25, 0.3) is 0 Å². The molecular weight excluding hydrogens is 236 g/mol. The number of carboxylic acids is 1. The molecule has 100 valence electrons. The van der Waals surface area contributed by atoms with Gasteiger partial charge in [-0.2, -0.15) is 0 Å². The van der Waals surface area contributed by atoms with Crippen molar-refractivity contribution in [1.82, 2.24) is 9.80 Å². The van der Waals surface area contributed by atoms with E-state index in [1.165, 1.54) is 4.90 Å². The highest BCUT2D eigenvalue weighted by molar-refractivity contribution is 6.06. The van der Waals surface area contributed by atoms with Crippen molar-refractivity contribution in [3.05, 3.63) is 0 Å². The Morgan fingerprint density at radius 1 is 1.22 bits per heavy atom. The van der Waals surface area contributed by atoms with Crippen molar-refractivity contribution in [2.75, 3.05) is 20.1 Å². The predicted octanol–water partition coefficient (Wildman–Crippen LogP) is -0.0696. The fourth-order valence-corrected chi connectivity index (χ4v) is 2.47. The van der Waals surface area contributed by atoms with E-state index in [4.69, 9.17) is 5.11 Å². The highest BCUT2D eigenvalue weighted by Gasteiger charge is 2.61. The molecule has 1 aliphatic carbocycles. The molecule has 1 saturated carbocycles. The van der Waals surface area contributed by atoms with Crippen LogP contribution in [0.3, 0.4) is 0 Å². The zero-order chi connectivity index (χ0) is 13.7. The van der Waals surface area contributed by atoms with E-state index in [-0.39, 0.29) is 5.91 Å². The SMILES string of the molecule is CN1CCN(C(=O)C2(C(=O)O)CC2)C(C)(C)C1=O. The molecule has 0 aromatic carbocycles. The fraction of sp³-hybridized carbons (Fsp3) is 0.750. The number of hydrogen-bond acceptors (Lipinski definition) is 3. The Hall–Kier alpha value is -1.59. The number of rotatable bonds is 2. The molecule has 0 radical (unpaired) electrons. The normalized spacial score (nSPS) is 24.9. The van der Waals surface area contributed by atoms with E-state index in [1.54, 1.807) is 25.8 Å². The molecule has 6 nitrogen and oxygen atoms in total. The van der Waals surface area contributed by atoms with Crippen molar-refractivity contribution in [2.24, 2.45) is 5.41 Å². The van der Waals surface area contributed by atoms with Crippen molar-refractivity contribution >= 4 is 17.8 Å². The van der Waals surface area contributed by atoms with Crippen LogP contribution in [0.1, 0.15) is 26.7 Å². The Morgan fingerprint density at radius 2 is 1.78 bits per heavy atom. The first kappa shape index (κ1) is 12.9. The van der Waals surface area contributed by atoms with Gasteiger partial charge in [-0.1, -0.05) is 0 Å². The smallest absolute Gasteiger partial charge is 0.319 e. The van der Waals surface area contributed by atoms with Gasteiger partial charge in [0.2, 0.25) is 11.8 Å². The Labute approximate surface area is 106 Å². The molecule has 2 amide bonds. The van der Waals surface area contributed by atoms with Gasteiger partial charge in [0.05, 0.1) is 0 Å². The molecule has 1 saturated heterocycles. The average molecular weight is 254 g/mol. The molecule has 0 bridgehead atoms. The molecule has 6 heteroatoms. The zero-order valence-corrected chi connectivity index (χ0v) is 10.9. The largest absolute Gasteiger partial charge is 0.480 e. The highest BCUT2D eigenvalue weighted by Crippen LogP contribution is 2.48. The highest BCUT2D eigenvalue weighted by atomic mass is 16.4. The molecule has 1 heterocycles. The van der Waals surface area contributed by atoms with Crippen LogP contribution in [0.25, 0.3) is 0 Å². The second kappa shape index (κ2) is 3.70. The van der Waals surface area contributed by atoms with E-state index >= 15 is 0 Å². The third-order valence-electron chi connectivity index (χ3n) is 4.02. The average Bonchev–Trinajstić information content (AvgIpc) is 3.06. The van der Waals surface area contributed by atoms with Gasteiger partial charge in [0.1, 0.15) is 11.0 Å². The van der Waals surface area contributed by atoms with Crippen molar-refractivity contribution < 1.29 is 19.5 Å². The number of carbonyl (C=O) groups is 3. The third-order valence-corrected chi connectivity index (χ3v) is 4.02. The number of carbonyl (C=O) groups excluding carboxylic acids is 2. The zero-order valence-electron chi connectivity index (χ0n) is 10.9. The monoisotopic (exact) mass is 254 g/mol. The van der Waals surface area contributed by atoms with Gasteiger partial charge in [0, 0.05) is 20.1 Å². The number of carboxylic acid groups (broad SMARTS) is 1. The molecule has 0 aromatic rings. The molecule has 2 fully saturated rings. The standard InChI is InChI=1S/C12H18N2O4/c1-11(2)8(15)13(3)6-7-14(11)9(16)12(4-5-12)10(17)18/h4-7H2,1-3H3,(H,17,18). The summed E-state index contributed by atoms with van der Waals surface area (Å²) in [4.78, 5) is 38.6. The van der Waals surface area contributed by atoms with E-state index < -0.39 is 22.8 Å². The lowest BCUT2D eigenvalue weighted by Crippen LogP contribution is -2.65. The van der Waals surface area contributed by atoms with Crippen LogP contribution in [-0.2, 0) is 14.4 Å². The number of aliphatic carboxylic acids is 1. The van der Waals surface area contributed by atoms with Crippen LogP contribution in [0.2, 0.25) is 0 Å². The number of amides is 2. The molecule has 1 N–H and O–H groups in total. The van der Waals surface area contributed by atoms with Crippen LogP contribution < -0.4 is 0 Å². The molecule has 2 rings (SSSR count). The van der Waals surface area contributed by atoms with E-state index in [0.717, 1.165) is 0 Å². The second-order valence-electron chi connectivity index (χ2n) is 5.63. The Morgan fingerprint density at radius 3 is 2.22 bits per heavy atom. The molecule has 0 spiro atoms. The summed E-state index contributed by atoms with van der Waals surface area (Å²) in [5, 5.41) is 9.15. The fourth-order valence-electron chi connectivity index (χ4n) is 2.47.